The molecule has 1 amide bonds. The number of nitrogens with zero attached hydrogens (tertiary/aromatic N) is 2. The third-order valence-corrected chi connectivity index (χ3v) is 4.61. The number of hydrogen-bond acceptors (Lipinski definition) is 2. The second-order valence-electron chi connectivity index (χ2n) is 5.98. The van der Waals surface area contributed by atoms with Gasteiger partial charge in [-0.2, -0.15) is 0 Å². The summed E-state index contributed by atoms with van der Waals surface area (Å²) in [5.41, 5.74) is 1.53. The zero-order valence-corrected chi connectivity index (χ0v) is 13.6. The zero-order valence-electron chi connectivity index (χ0n) is 12.8. The number of aromatic nitrogens is 2. The number of amides is 1. The Morgan fingerprint density at radius 2 is 2.00 bits per heavy atom. The van der Waals surface area contributed by atoms with Gasteiger partial charge < -0.3 is 9.88 Å². The molecule has 0 spiro atoms. The van der Waals surface area contributed by atoms with Gasteiger partial charge in [-0.15, -0.1) is 0 Å². The monoisotopic (exact) mass is 315 g/mol. The minimum atomic E-state index is 0.0605. The average Bonchev–Trinajstić information content (AvgIpc) is 2.78. The van der Waals surface area contributed by atoms with Crippen molar-refractivity contribution in [1.82, 2.24) is 14.5 Å². The minimum Gasteiger partial charge on any atom is -0.337 e. The number of aromatic amines is 1. The van der Waals surface area contributed by atoms with Crippen LogP contribution in [0.15, 0.2) is 36.5 Å². The van der Waals surface area contributed by atoms with Gasteiger partial charge in [-0.3, -0.25) is 9.36 Å². The molecule has 4 nitrogen and oxygen atoms in total. The highest BCUT2D eigenvalue weighted by molar-refractivity contribution is 7.71. The number of carbonyl (C=O) groups is 1. The number of hydrogen-bond donors (Lipinski definition) is 1. The van der Waals surface area contributed by atoms with Crippen molar-refractivity contribution in [3.05, 3.63) is 47.0 Å². The third-order valence-electron chi connectivity index (χ3n) is 4.31. The average molecular weight is 315 g/mol. The van der Waals surface area contributed by atoms with Crippen LogP contribution < -0.4 is 0 Å². The van der Waals surface area contributed by atoms with Gasteiger partial charge in [-0.25, -0.2) is 0 Å². The molecular formula is C17H21N3OS. The van der Waals surface area contributed by atoms with E-state index in [4.69, 9.17) is 12.2 Å². The first-order valence-corrected chi connectivity index (χ1v) is 8.23. The second-order valence-corrected chi connectivity index (χ2v) is 6.37. The van der Waals surface area contributed by atoms with Crippen LogP contribution in [0.2, 0.25) is 0 Å². The van der Waals surface area contributed by atoms with E-state index in [1.54, 1.807) is 6.20 Å². The SMILES string of the molecule is C[C@H]1CCCN(C(=O)c2c[nH]c(=S)n2-c2ccccc2)CC1. The minimum absolute atomic E-state index is 0.0605. The molecule has 5 heteroatoms. The highest BCUT2D eigenvalue weighted by atomic mass is 32.1. The first-order valence-electron chi connectivity index (χ1n) is 7.82. The maximum absolute atomic E-state index is 12.9. The molecule has 1 aromatic heterocycles. The van der Waals surface area contributed by atoms with Crippen LogP contribution in [0, 0.1) is 10.7 Å². The summed E-state index contributed by atoms with van der Waals surface area (Å²) in [7, 11) is 0. The summed E-state index contributed by atoms with van der Waals surface area (Å²) in [5.74, 6) is 0.755. The van der Waals surface area contributed by atoms with Gasteiger partial charge in [0, 0.05) is 25.0 Å². The molecule has 1 aliphatic heterocycles. The van der Waals surface area contributed by atoms with Crippen molar-refractivity contribution in [2.75, 3.05) is 13.1 Å². The predicted octanol–water partition coefficient (Wildman–Crippen LogP) is 3.80. The summed E-state index contributed by atoms with van der Waals surface area (Å²) in [4.78, 5) is 17.9. The topological polar surface area (TPSA) is 41.0 Å². The molecule has 0 unspecified atom stereocenters. The summed E-state index contributed by atoms with van der Waals surface area (Å²) in [6, 6.07) is 9.78. The first-order chi connectivity index (χ1) is 10.7. The molecule has 0 radical (unpaired) electrons. The maximum Gasteiger partial charge on any atom is 0.272 e. The van der Waals surface area contributed by atoms with Gasteiger partial charge in [0.1, 0.15) is 5.69 Å². The molecule has 2 heterocycles. The Morgan fingerprint density at radius 1 is 1.23 bits per heavy atom. The highest BCUT2D eigenvalue weighted by Gasteiger charge is 2.23. The number of carbonyl (C=O) groups excluding carboxylic acids is 1. The number of H-pyrrole nitrogens is 1. The lowest BCUT2D eigenvalue weighted by molar-refractivity contribution is 0.0752. The van der Waals surface area contributed by atoms with Crippen LogP contribution in [-0.4, -0.2) is 33.4 Å². The van der Waals surface area contributed by atoms with Crippen LogP contribution in [0.3, 0.4) is 0 Å². The van der Waals surface area contributed by atoms with Crippen molar-refractivity contribution in [2.24, 2.45) is 5.92 Å². The second kappa shape index (κ2) is 6.48. The summed E-state index contributed by atoms with van der Waals surface area (Å²) in [5, 5.41) is 0. The van der Waals surface area contributed by atoms with Gasteiger partial charge in [0.15, 0.2) is 4.77 Å². The summed E-state index contributed by atoms with van der Waals surface area (Å²) in [6.45, 7) is 3.92. The zero-order chi connectivity index (χ0) is 15.5. The van der Waals surface area contributed by atoms with Gasteiger partial charge in [0.25, 0.3) is 5.91 Å². The number of imidazole rings is 1. The lowest BCUT2D eigenvalue weighted by Gasteiger charge is -2.21. The third kappa shape index (κ3) is 2.99. The van der Waals surface area contributed by atoms with E-state index in [2.05, 4.69) is 11.9 Å². The van der Waals surface area contributed by atoms with Gasteiger partial charge in [-0.1, -0.05) is 25.1 Å². The van der Waals surface area contributed by atoms with E-state index >= 15 is 0 Å². The molecular weight excluding hydrogens is 294 g/mol. The molecule has 1 saturated heterocycles. The fourth-order valence-electron chi connectivity index (χ4n) is 2.99. The van der Waals surface area contributed by atoms with Crippen molar-refractivity contribution in [3.8, 4) is 5.69 Å². The molecule has 1 aliphatic rings. The fraction of sp³-hybridized carbons (Fsp3) is 0.412. The standard InChI is InChI=1S/C17H21N3OS/c1-13-6-5-10-19(11-9-13)16(21)15-12-18-17(22)20(15)14-7-3-2-4-8-14/h2-4,7-8,12-13H,5-6,9-11H2,1H3,(H,18,22)/t13-/m0/s1. The molecule has 1 N–H and O–H groups in total. The number of rotatable bonds is 2. The summed E-state index contributed by atoms with van der Waals surface area (Å²) in [6.07, 6.45) is 5.07. The summed E-state index contributed by atoms with van der Waals surface area (Å²) < 4.78 is 2.38. The van der Waals surface area contributed by atoms with Crippen molar-refractivity contribution < 1.29 is 4.79 Å². The van der Waals surface area contributed by atoms with Crippen LogP contribution in [0.4, 0.5) is 0 Å². The molecule has 0 bridgehead atoms. The van der Waals surface area contributed by atoms with Gasteiger partial charge in [0.05, 0.1) is 0 Å². The Kier molecular flexibility index (Phi) is 4.43. The van der Waals surface area contributed by atoms with Gasteiger partial charge >= 0.3 is 0 Å². The van der Waals surface area contributed by atoms with E-state index in [0.29, 0.717) is 16.4 Å². The number of nitrogens with one attached hydrogen (secondary N) is 1. The van der Waals surface area contributed by atoms with E-state index in [0.717, 1.165) is 31.6 Å². The molecule has 1 fully saturated rings. The molecule has 0 aliphatic carbocycles. The van der Waals surface area contributed by atoms with Crippen LogP contribution in [0.25, 0.3) is 5.69 Å². The Bertz CT molecular complexity index is 704. The Balaban J connectivity index is 1.92. The Hall–Kier alpha value is -1.88. The van der Waals surface area contributed by atoms with Crippen molar-refractivity contribution in [1.29, 1.82) is 0 Å². The van der Waals surface area contributed by atoms with Crippen LogP contribution in [0.1, 0.15) is 36.7 Å². The molecule has 1 atom stereocenters. The van der Waals surface area contributed by atoms with Crippen molar-refractivity contribution in [2.45, 2.75) is 26.2 Å². The predicted molar refractivity (Wildman–Crippen MR) is 89.9 cm³/mol. The van der Waals surface area contributed by atoms with E-state index in [-0.39, 0.29) is 5.91 Å². The molecule has 1 aromatic carbocycles. The quantitative estimate of drug-likeness (QED) is 0.857. The molecule has 0 saturated carbocycles. The smallest absolute Gasteiger partial charge is 0.272 e. The van der Waals surface area contributed by atoms with Crippen molar-refractivity contribution >= 4 is 18.1 Å². The molecule has 2 aromatic rings. The maximum atomic E-state index is 12.9. The number of para-hydroxylation sites is 1. The molecule has 22 heavy (non-hydrogen) atoms. The lowest BCUT2D eigenvalue weighted by atomic mass is 10.0. The summed E-state index contributed by atoms with van der Waals surface area (Å²) >= 11 is 5.36. The van der Waals surface area contributed by atoms with E-state index in [1.807, 2.05) is 39.8 Å². The molecule has 3 rings (SSSR count). The van der Waals surface area contributed by atoms with Crippen molar-refractivity contribution in [3.63, 3.8) is 0 Å². The number of benzene rings is 1. The number of likely N-dealkylation sites (tertiary alicyclic amines) is 1. The van der Waals surface area contributed by atoms with Crippen LogP contribution in [0.5, 0.6) is 0 Å². The normalized spacial score (nSPS) is 19.0. The Labute approximate surface area is 135 Å². The Morgan fingerprint density at radius 3 is 2.77 bits per heavy atom. The van der Waals surface area contributed by atoms with Gasteiger partial charge in [0.2, 0.25) is 0 Å². The van der Waals surface area contributed by atoms with Crippen LogP contribution >= 0.6 is 12.2 Å². The van der Waals surface area contributed by atoms with Gasteiger partial charge in [-0.05, 0) is 49.5 Å². The fourth-order valence-corrected chi connectivity index (χ4v) is 3.25. The largest absolute Gasteiger partial charge is 0.337 e. The van der Waals surface area contributed by atoms with E-state index in [1.165, 1.54) is 6.42 Å². The molecule has 116 valence electrons. The van der Waals surface area contributed by atoms with E-state index in [9.17, 15) is 4.79 Å². The first kappa shape index (κ1) is 15.0. The van der Waals surface area contributed by atoms with E-state index < -0.39 is 0 Å². The highest BCUT2D eigenvalue weighted by Crippen LogP contribution is 2.20. The lowest BCUT2D eigenvalue weighted by Crippen LogP contribution is -2.33. The van der Waals surface area contributed by atoms with Crippen LogP contribution in [-0.2, 0) is 0 Å².